The molecular weight excluding hydrogens is 432 g/mol. The minimum absolute atomic E-state index is 0.0222. The molecule has 182 valence electrons. The number of rotatable bonds is 11. The van der Waals surface area contributed by atoms with Crippen LogP contribution in [0, 0.1) is 5.92 Å². The lowest BCUT2D eigenvalue weighted by atomic mass is 10.1. The number of nitrogens with zero attached hydrogens (tertiary/aromatic N) is 4. The molecule has 1 aliphatic carbocycles. The number of benzene rings is 1. The minimum Gasteiger partial charge on any atom is -0.496 e. The van der Waals surface area contributed by atoms with Gasteiger partial charge in [-0.15, -0.1) is 0 Å². The molecule has 0 radical (unpaired) electrons. The molecule has 1 aromatic carbocycles. The van der Waals surface area contributed by atoms with Crippen LogP contribution in [0.2, 0.25) is 0 Å². The van der Waals surface area contributed by atoms with Crippen molar-refractivity contribution in [3.63, 3.8) is 0 Å². The lowest BCUT2D eigenvalue weighted by Gasteiger charge is -2.23. The molecule has 0 spiro atoms. The van der Waals surface area contributed by atoms with Crippen LogP contribution in [0.1, 0.15) is 43.2 Å². The summed E-state index contributed by atoms with van der Waals surface area (Å²) in [6.07, 6.45) is 8.85. The first-order chi connectivity index (χ1) is 16.7. The zero-order valence-electron chi connectivity index (χ0n) is 19.7. The summed E-state index contributed by atoms with van der Waals surface area (Å²) in [4.78, 5) is 8.87. The first-order valence-electron chi connectivity index (χ1n) is 12.2. The SMILES string of the molecule is COc1cc(CNC2CCOCC2)ccc1Cn1ncc2ncnc(N[C@H](CO)CC3CC3)c21. The van der Waals surface area contributed by atoms with Crippen molar-refractivity contribution in [1.29, 1.82) is 0 Å². The fourth-order valence-corrected chi connectivity index (χ4v) is 4.63. The molecular formula is C25H34N6O3. The molecule has 1 saturated heterocycles. The van der Waals surface area contributed by atoms with Crippen LogP contribution in [0.4, 0.5) is 5.82 Å². The molecule has 1 atom stereocenters. The summed E-state index contributed by atoms with van der Waals surface area (Å²) in [6, 6.07) is 6.83. The minimum atomic E-state index is -0.0222. The summed E-state index contributed by atoms with van der Waals surface area (Å²) >= 11 is 0. The van der Waals surface area contributed by atoms with E-state index < -0.39 is 0 Å². The van der Waals surface area contributed by atoms with Crippen molar-refractivity contribution < 1.29 is 14.6 Å². The number of fused-ring (bicyclic) bond motifs is 1. The maximum atomic E-state index is 9.86. The Balaban J connectivity index is 1.32. The Labute approximate surface area is 199 Å². The fraction of sp³-hybridized carbons (Fsp3) is 0.560. The van der Waals surface area contributed by atoms with Gasteiger partial charge in [-0.25, -0.2) is 9.97 Å². The molecule has 2 fully saturated rings. The highest BCUT2D eigenvalue weighted by atomic mass is 16.5. The Morgan fingerprint density at radius 2 is 2.06 bits per heavy atom. The van der Waals surface area contributed by atoms with Crippen LogP contribution in [0.25, 0.3) is 11.0 Å². The second-order valence-corrected chi connectivity index (χ2v) is 9.38. The van der Waals surface area contributed by atoms with Gasteiger partial charge in [0.05, 0.1) is 32.5 Å². The zero-order chi connectivity index (χ0) is 23.3. The lowest BCUT2D eigenvalue weighted by Crippen LogP contribution is -2.34. The second-order valence-electron chi connectivity index (χ2n) is 9.38. The van der Waals surface area contributed by atoms with Gasteiger partial charge in [0.25, 0.3) is 0 Å². The van der Waals surface area contributed by atoms with E-state index in [2.05, 4.69) is 43.9 Å². The topological polar surface area (TPSA) is 106 Å². The number of aliphatic hydroxyl groups is 1. The Kier molecular flexibility index (Phi) is 7.22. The van der Waals surface area contributed by atoms with Gasteiger partial charge < -0.3 is 25.2 Å². The zero-order valence-corrected chi connectivity index (χ0v) is 19.7. The van der Waals surface area contributed by atoms with Gasteiger partial charge in [-0.1, -0.05) is 25.0 Å². The number of hydrogen-bond donors (Lipinski definition) is 3. The van der Waals surface area contributed by atoms with E-state index in [-0.39, 0.29) is 12.6 Å². The van der Waals surface area contributed by atoms with E-state index in [1.165, 1.54) is 18.4 Å². The standard InChI is InChI=1S/C25H34N6O3/c1-33-23-11-18(12-26-20-6-8-34-9-7-20)4-5-19(23)14-31-24-22(13-29-31)27-16-28-25(24)30-21(15-32)10-17-2-3-17/h4-5,11,13,16-17,20-21,26,32H,2-3,6-10,12,14-15H2,1H3,(H,27,28,30)/t21-/m0/s1. The van der Waals surface area contributed by atoms with Crippen molar-refractivity contribution in [3.8, 4) is 5.75 Å². The van der Waals surface area contributed by atoms with Crippen LogP contribution in [-0.4, -0.2) is 63.9 Å². The molecule has 0 amide bonds. The molecule has 0 bridgehead atoms. The van der Waals surface area contributed by atoms with E-state index in [9.17, 15) is 5.11 Å². The number of methoxy groups -OCH3 is 1. The summed E-state index contributed by atoms with van der Waals surface area (Å²) in [5, 5.41) is 21.5. The monoisotopic (exact) mass is 466 g/mol. The van der Waals surface area contributed by atoms with E-state index in [0.717, 1.165) is 61.4 Å². The quantitative estimate of drug-likeness (QED) is 0.396. The normalized spacial score (nSPS) is 17.7. The van der Waals surface area contributed by atoms with Crippen LogP contribution in [0.3, 0.4) is 0 Å². The van der Waals surface area contributed by atoms with Gasteiger partial charge in [-0.05, 0) is 36.8 Å². The molecule has 9 nitrogen and oxygen atoms in total. The van der Waals surface area contributed by atoms with Gasteiger partial charge in [-0.2, -0.15) is 5.10 Å². The van der Waals surface area contributed by atoms with E-state index in [4.69, 9.17) is 9.47 Å². The van der Waals surface area contributed by atoms with Gasteiger partial charge in [0.2, 0.25) is 0 Å². The molecule has 2 aromatic heterocycles. The molecule has 0 unspecified atom stereocenters. The fourth-order valence-electron chi connectivity index (χ4n) is 4.63. The van der Waals surface area contributed by atoms with Gasteiger partial charge >= 0.3 is 0 Å². The van der Waals surface area contributed by atoms with Gasteiger partial charge in [0, 0.05) is 31.4 Å². The van der Waals surface area contributed by atoms with Gasteiger partial charge in [0.1, 0.15) is 23.1 Å². The number of aromatic nitrogens is 4. The van der Waals surface area contributed by atoms with Crippen molar-refractivity contribution in [2.75, 3.05) is 32.2 Å². The summed E-state index contributed by atoms with van der Waals surface area (Å²) < 4.78 is 13.1. The molecule has 5 rings (SSSR count). The molecule has 3 aromatic rings. The maximum absolute atomic E-state index is 9.86. The third-order valence-corrected chi connectivity index (χ3v) is 6.79. The largest absolute Gasteiger partial charge is 0.496 e. The van der Waals surface area contributed by atoms with Crippen LogP contribution in [-0.2, 0) is 17.8 Å². The van der Waals surface area contributed by atoms with Gasteiger partial charge in [-0.3, -0.25) is 4.68 Å². The van der Waals surface area contributed by atoms with Crippen molar-refractivity contribution >= 4 is 16.9 Å². The summed E-state index contributed by atoms with van der Waals surface area (Å²) in [5.41, 5.74) is 3.84. The highest BCUT2D eigenvalue weighted by Gasteiger charge is 2.26. The highest BCUT2D eigenvalue weighted by Crippen LogP contribution is 2.34. The third-order valence-electron chi connectivity index (χ3n) is 6.79. The van der Waals surface area contributed by atoms with E-state index in [1.54, 1.807) is 19.6 Å². The second kappa shape index (κ2) is 10.7. The van der Waals surface area contributed by atoms with E-state index >= 15 is 0 Å². The number of anilines is 1. The summed E-state index contributed by atoms with van der Waals surface area (Å²) in [6.45, 7) is 3.08. The lowest BCUT2D eigenvalue weighted by molar-refractivity contribution is 0.0776. The Morgan fingerprint density at radius 1 is 1.21 bits per heavy atom. The summed E-state index contributed by atoms with van der Waals surface area (Å²) in [5.74, 6) is 2.25. The van der Waals surface area contributed by atoms with Crippen LogP contribution in [0.5, 0.6) is 5.75 Å². The van der Waals surface area contributed by atoms with Crippen molar-refractivity contribution in [2.24, 2.45) is 5.92 Å². The number of ether oxygens (including phenoxy) is 2. The molecule has 3 N–H and O–H groups in total. The van der Waals surface area contributed by atoms with Crippen molar-refractivity contribution in [1.82, 2.24) is 25.1 Å². The predicted molar refractivity (Wildman–Crippen MR) is 130 cm³/mol. The Bertz CT molecular complexity index is 1090. The van der Waals surface area contributed by atoms with E-state index in [0.29, 0.717) is 24.3 Å². The molecule has 34 heavy (non-hydrogen) atoms. The third kappa shape index (κ3) is 5.48. The highest BCUT2D eigenvalue weighted by molar-refractivity contribution is 5.85. The van der Waals surface area contributed by atoms with Crippen LogP contribution < -0.4 is 15.4 Å². The molecule has 2 aliphatic rings. The predicted octanol–water partition coefficient (Wildman–Crippen LogP) is 2.72. The number of hydrogen-bond acceptors (Lipinski definition) is 8. The van der Waals surface area contributed by atoms with Crippen molar-refractivity contribution in [2.45, 2.75) is 57.3 Å². The van der Waals surface area contributed by atoms with Gasteiger partial charge in [0.15, 0.2) is 5.82 Å². The van der Waals surface area contributed by atoms with Crippen molar-refractivity contribution in [3.05, 3.63) is 41.9 Å². The average Bonchev–Trinajstić information content (AvgIpc) is 3.61. The number of nitrogens with one attached hydrogen (secondary N) is 2. The molecule has 1 aliphatic heterocycles. The molecule has 9 heteroatoms. The maximum Gasteiger partial charge on any atom is 0.156 e. The van der Waals surface area contributed by atoms with Crippen LogP contribution in [0.15, 0.2) is 30.7 Å². The Morgan fingerprint density at radius 3 is 2.82 bits per heavy atom. The number of aliphatic hydroxyl groups excluding tert-OH is 1. The van der Waals surface area contributed by atoms with Crippen LogP contribution >= 0.6 is 0 Å². The molecule has 1 saturated carbocycles. The first kappa shape index (κ1) is 23.0. The smallest absolute Gasteiger partial charge is 0.156 e. The summed E-state index contributed by atoms with van der Waals surface area (Å²) in [7, 11) is 1.70. The first-order valence-corrected chi connectivity index (χ1v) is 12.2. The molecule has 3 heterocycles. The average molecular weight is 467 g/mol. The Hall–Kier alpha value is -2.75. The van der Waals surface area contributed by atoms with E-state index in [1.807, 2.05) is 4.68 Å².